The van der Waals surface area contributed by atoms with Gasteiger partial charge in [0.05, 0.1) is 5.75 Å². The summed E-state index contributed by atoms with van der Waals surface area (Å²) >= 11 is 2.23. The first kappa shape index (κ1) is 13.2. The van der Waals surface area contributed by atoms with Crippen LogP contribution in [0.25, 0.3) is 0 Å². The molecule has 0 spiro atoms. The van der Waals surface area contributed by atoms with Crippen molar-refractivity contribution in [3.63, 3.8) is 0 Å². The predicted molar refractivity (Wildman–Crippen MR) is 67.9 cm³/mol. The molecule has 1 N–H and O–H groups in total. The van der Waals surface area contributed by atoms with E-state index in [0.717, 1.165) is 17.3 Å². The Morgan fingerprint density at radius 1 is 1.40 bits per heavy atom. The van der Waals surface area contributed by atoms with Gasteiger partial charge in [-0.1, -0.05) is 29.0 Å². The van der Waals surface area contributed by atoms with Gasteiger partial charge in [0.1, 0.15) is 5.25 Å². The number of carbonyl (C=O) groups excluding carboxylic acids is 1. The van der Waals surface area contributed by atoms with Crippen molar-refractivity contribution < 1.29 is 13.2 Å². The molecule has 88 valence electrons. The Morgan fingerprint density at radius 2 is 2.13 bits per heavy atom. The number of hydrogen-bond donors (Lipinski definition) is 1. The summed E-state index contributed by atoms with van der Waals surface area (Å²) in [6.07, 6.45) is 2.90. The van der Waals surface area contributed by atoms with Gasteiger partial charge in [-0.2, -0.15) is 0 Å². The third-order valence-corrected chi connectivity index (χ3v) is 5.42. The molecular formula is C9H16INO3S. The molecule has 15 heavy (non-hydrogen) atoms. The lowest BCUT2D eigenvalue weighted by molar-refractivity contribution is -0.120. The van der Waals surface area contributed by atoms with Gasteiger partial charge in [-0.3, -0.25) is 4.79 Å². The summed E-state index contributed by atoms with van der Waals surface area (Å²) in [6.45, 7) is 0.577. The van der Waals surface area contributed by atoms with Gasteiger partial charge in [-0.25, -0.2) is 8.42 Å². The molecule has 0 aliphatic carbocycles. The van der Waals surface area contributed by atoms with E-state index in [-0.39, 0.29) is 11.7 Å². The molecule has 1 atom stereocenters. The molecule has 0 aromatic rings. The van der Waals surface area contributed by atoms with Gasteiger partial charge in [-0.05, 0) is 19.3 Å². The Morgan fingerprint density at radius 3 is 2.73 bits per heavy atom. The number of hydrogen-bond acceptors (Lipinski definition) is 3. The van der Waals surface area contributed by atoms with E-state index in [0.29, 0.717) is 19.4 Å². The van der Waals surface area contributed by atoms with Crippen LogP contribution in [0.5, 0.6) is 0 Å². The van der Waals surface area contributed by atoms with Crippen LogP contribution < -0.4 is 5.32 Å². The number of carbonyl (C=O) groups is 1. The number of sulfone groups is 1. The van der Waals surface area contributed by atoms with Crippen LogP contribution in [0.2, 0.25) is 0 Å². The highest BCUT2D eigenvalue weighted by Gasteiger charge is 2.34. The van der Waals surface area contributed by atoms with Gasteiger partial charge in [0.2, 0.25) is 5.91 Å². The fourth-order valence-corrected chi connectivity index (χ4v) is 3.85. The van der Waals surface area contributed by atoms with E-state index >= 15 is 0 Å². The quantitative estimate of drug-likeness (QED) is 0.468. The summed E-state index contributed by atoms with van der Waals surface area (Å²) in [5, 5.41) is 1.89. The highest BCUT2D eigenvalue weighted by molar-refractivity contribution is 14.1. The van der Waals surface area contributed by atoms with Crippen LogP contribution in [0.1, 0.15) is 25.7 Å². The van der Waals surface area contributed by atoms with E-state index in [2.05, 4.69) is 27.9 Å². The molecule has 1 aliphatic rings. The van der Waals surface area contributed by atoms with Crippen molar-refractivity contribution in [1.82, 2.24) is 5.32 Å². The number of amides is 1. The lowest BCUT2D eigenvalue weighted by Gasteiger charge is -2.21. The Kier molecular flexibility index (Phi) is 5.31. The van der Waals surface area contributed by atoms with Crippen LogP contribution in [0.15, 0.2) is 0 Å². The van der Waals surface area contributed by atoms with Crippen LogP contribution in [-0.4, -0.2) is 36.3 Å². The molecule has 0 radical (unpaired) electrons. The van der Waals surface area contributed by atoms with Gasteiger partial charge >= 0.3 is 0 Å². The third-order valence-electron chi connectivity index (χ3n) is 2.48. The maximum absolute atomic E-state index is 11.6. The molecule has 1 saturated heterocycles. The maximum Gasteiger partial charge on any atom is 0.238 e. The topological polar surface area (TPSA) is 63.2 Å². The van der Waals surface area contributed by atoms with E-state index in [9.17, 15) is 13.2 Å². The van der Waals surface area contributed by atoms with Gasteiger partial charge < -0.3 is 5.32 Å². The summed E-state index contributed by atoms with van der Waals surface area (Å²) in [5.74, 6) is -0.142. The number of halogens is 1. The lowest BCUT2D eigenvalue weighted by Crippen LogP contribution is -2.43. The van der Waals surface area contributed by atoms with Crippen molar-refractivity contribution in [3.05, 3.63) is 0 Å². The highest BCUT2D eigenvalue weighted by Crippen LogP contribution is 2.19. The van der Waals surface area contributed by atoms with Crippen LogP contribution in [0, 0.1) is 0 Å². The minimum atomic E-state index is -3.17. The van der Waals surface area contributed by atoms with Crippen molar-refractivity contribution in [2.45, 2.75) is 30.9 Å². The van der Waals surface area contributed by atoms with Crippen molar-refractivity contribution >= 4 is 38.3 Å². The number of rotatable bonds is 4. The van der Waals surface area contributed by atoms with Crippen LogP contribution in [-0.2, 0) is 14.6 Å². The Balaban J connectivity index is 2.50. The smallest absolute Gasteiger partial charge is 0.238 e. The fourth-order valence-electron chi connectivity index (χ4n) is 1.64. The van der Waals surface area contributed by atoms with Gasteiger partial charge in [-0.15, -0.1) is 0 Å². The number of alkyl halides is 1. The minimum absolute atomic E-state index is 0.164. The first-order valence-corrected chi connectivity index (χ1v) is 8.37. The minimum Gasteiger partial charge on any atom is -0.355 e. The van der Waals surface area contributed by atoms with E-state index < -0.39 is 15.1 Å². The first-order chi connectivity index (χ1) is 7.08. The second-order valence-electron chi connectivity index (χ2n) is 3.68. The summed E-state index contributed by atoms with van der Waals surface area (Å²) in [4.78, 5) is 11.6. The zero-order valence-electron chi connectivity index (χ0n) is 8.54. The van der Waals surface area contributed by atoms with Gasteiger partial charge in [0, 0.05) is 11.0 Å². The molecule has 1 amide bonds. The normalized spacial score (nSPS) is 24.7. The van der Waals surface area contributed by atoms with Crippen molar-refractivity contribution in [3.8, 4) is 0 Å². The highest BCUT2D eigenvalue weighted by atomic mass is 127. The fraction of sp³-hybridized carbons (Fsp3) is 0.889. The van der Waals surface area contributed by atoms with E-state index in [4.69, 9.17) is 0 Å². The lowest BCUT2D eigenvalue weighted by atomic mass is 10.2. The summed E-state index contributed by atoms with van der Waals surface area (Å²) < 4.78 is 24.2. The largest absolute Gasteiger partial charge is 0.355 e. The van der Waals surface area contributed by atoms with Crippen LogP contribution in [0.4, 0.5) is 0 Å². The second-order valence-corrected chi connectivity index (χ2v) is 7.07. The maximum atomic E-state index is 11.6. The SMILES string of the molecule is O=C(NCCCI)C1CCCCS1(=O)=O. The standard InChI is InChI=1S/C9H16INO3S/c10-5-3-6-11-9(12)8-4-1-2-7-15(8,13)14/h8H,1-7H2,(H,11,12). The average Bonchev–Trinajstić information content (AvgIpc) is 2.17. The van der Waals surface area contributed by atoms with Crippen molar-refractivity contribution in [1.29, 1.82) is 0 Å². The molecule has 4 nitrogen and oxygen atoms in total. The molecule has 6 heteroatoms. The van der Waals surface area contributed by atoms with E-state index in [1.54, 1.807) is 0 Å². The molecule has 0 saturated carbocycles. The average molecular weight is 345 g/mol. The molecule has 1 heterocycles. The first-order valence-electron chi connectivity index (χ1n) is 5.13. The molecule has 1 aliphatic heterocycles. The van der Waals surface area contributed by atoms with E-state index in [1.807, 2.05) is 0 Å². The zero-order valence-corrected chi connectivity index (χ0v) is 11.5. The summed E-state index contributed by atoms with van der Waals surface area (Å²) in [5.41, 5.74) is 0. The summed E-state index contributed by atoms with van der Waals surface area (Å²) in [6, 6.07) is 0. The molecule has 1 fully saturated rings. The summed E-state index contributed by atoms with van der Waals surface area (Å²) in [7, 11) is -3.17. The van der Waals surface area contributed by atoms with Crippen LogP contribution in [0.3, 0.4) is 0 Å². The molecule has 0 aromatic heterocycles. The Labute approximate surface area is 104 Å². The molecule has 0 bridgehead atoms. The second kappa shape index (κ2) is 6.03. The molecule has 0 aromatic carbocycles. The molecule has 1 rings (SSSR count). The Bertz CT molecular complexity index is 315. The molecular weight excluding hydrogens is 329 g/mol. The number of nitrogens with one attached hydrogen (secondary N) is 1. The van der Waals surface area contributed by atoms with Gasteiger partial charge in [0.15, 0.2) is 9.84 Å². The van der Waals surface area contributed by atoms with Crippen LogP contribution >= 0.6 is 22.6 Å². The zero-order chi connectivity index (χ0) is 11.3. The molecule has 1 unspecified atom stereocenters. The predicted octanol–water partition coefficient (Wildman–Crippen LogP) is 0.895. The third kappa shape index (κ3) is 3.90. The monoisotopic (exact) mass is 345 g/mol. The van der Waals surface area contributed by atoms with Crippen molar-refractivity contribution in [2.24, 2.45) is 0 Å². The van der Waals surface area contributed by atoms with E-state index in [1.165, 1.54) is 0 Å². The van der Waals surface area contributed by atoms with Gasteiger partial charge in [0.25, 0.3) is 0 Å². The van der Waals surface area contributed by atoms with Crippen molar-refractivity contribution in [2.75, 3.05) is 16.7 Å². The Hall–Kier alpha value is 0.150.